The first-order chi connectivity index (χ1) is 9.08. The van der Waals surface area contributed by atoms with Crippen molar-refractivity contribution in [3.63, 3.8) is 0 Å². The van der Waals surface area contributed by atoms with Gasteiger partial charge in [-0.15, -0.1) is 0 Å². The Kier molecular flexibility index (Phi) is 4.97. The zero-order chi connectivity index (χ0) is 15.6. The molecule has 0 aliphatic heterocycles. The second-order valence-corrected chi connectivity index (χ2v) is 6.33. The molecule has 1 rings (SSSR count). The third kappa shape index (κ3) is 3.82. The van der Waals surface area contributed by atoms with Gasteiger partial charge in [-0.3, -0.25) is 0 Å². The van der Waals surface area contributed by atoms with Crippen LogP contribution in [0.25, 0.3) is 0 Å². The molecule has 0 aliphatic carbocycles. The van der Waals surface area contributed by atoms with Gasteiger partial charge < -0.3 is 15.7 Å². The molecule has 3 N–H and O–H groups in total. The average Bonchev–Trinajstić information content (AvgIpc) is 2.29. The van der Waals surface area contributed by atoms with Crippen LogP contribution in [0.15, 0.2) is 0 Å². The lowest BCUT2D eigenvalue weighted by atomic mass is 9.86. The first-order valence-electron chi connectivity index (χ1n) is 7.18. The van der Waals surface area contributed by atoms with Crippen molar-refractivity contribution < 1.29 is 5.11 Å². The van der Waals surface area contributed by atoms with Crippen LogP contribution in [-0.4, -0.2) is 32.8 Å². The maximum absolute atomic E-state index is 10.3. The van der Waals surface area contributed by atoms with E-state index in [2.05, 4.69) is 27.5 Å². The van der Waals surface area contributed by atoms with Crippen molar-refractivity contribution >= 4 is 11.6 Å². The molecular formula is C15H28N4O. The first kappa shape index (κ1) is 16.7. The van der Waals surface area contributed by atoms with Crippen LogP contribution in [0.3, 0.4) is 0 Å². The monoisotopic (exact) mass is 280 g/mol. The van der Waals surface area contributed by atoms with Crippen LogP contribution in [0.5, 0.6) is 0 Å². The number of hydrogen-bond acceptors (Lipinski definition) is 5. The highest BCUT2D eigenvalue weighted by Gasteiger charge is 2.35. The van der Waals surface area contributed by atoms with Crippen molar-refractivity contribution in [3.05, 3.63) is 11.4 Å². The molecule has 0 radical (unpaired) electrons. The largest absolute Gasteiger partial charge is 0.388 e. The summed E-state index contributed by atoms with van der Waals surface area (Å²) in [6.07, 6.45) is 1.04. The molecule has 0 fully saturated rings. The number of aliphatic hydroxyl groups is 1. The van der Waals surface area contributed by atoms with E-state index in [1.54, 1.807) is 13.8 Å². The second kappa shape index (κ2) is 5.95. The van der Waals surface area contributed by atoms with Crippen molar-refractivity contribution in [2.75, 3.05) is 17.2 Å². The van der Waals surface area contributed by atoms with Crippen molar-refractivity contribution in [2.45, 2.75) is 66.0 Å². The normalized spacial score (nSPS) is 12.4. The topological polar surface area (TPSA) is 70.1 Å². The summed E-state index contributed by atoms with van der Waals surface area (Å²) < 4.78 is 0. The molecule has 0 saturated carbocycles. The molecule has 0 bridgehead atoms. The molecule has 5 nitrogen and oxygen atoms in total. The zero-order valence-electron chi connectivity index (χ0n) is 13.8. The number of aromatic nitrogens is 2. The van der Waals surface area contributed by atoms with Crippen molar-refractivity contribution in [1.29, 1.82) is 0 Å². The number of anilines is 2. The van der Waals surface area contributed by atoms with E-state index < -0.39 is 11.1 Å². The molecule has 114 valence electrons. The molecule has 1 aromatic heterocycles. The fourth-order valence-corrected chi connectivity index (χ4v) is 1.61. The van der Waals surface area contributed by atoms with Crippen molar-refractivity contribution in [3.8, 4) is 0 Å². The van der Waals surface area contributed by atoms with Crippen LogP contribution < -0.4 is 10.6 Å². The maximum atomic E-state index is 10.3. The van der Waals surface area contributed by atoms with E-state index in [1.165, 1.54) is 0 Å². The van der Waals surface area contributed by atoms with Gasteiger partial charge in [-0.2, -0.15) is 0 Å². The van der Waals surface area contributed by atoms with Gasteiger partial charge in [0.15, 0.2) is 0 Å². The van der Waals surface area contributed by atoms with Gasteiger partial charge in [0, 0.05) is 12.1 Å². The molecule has 0 amide bonds. The number of nitrogens with one attached hydrogen (secondary N) is 2. The van der Waals surface area contributed by atoms with Crippen molar-refractivity contribution in [1.82, 2.24) is 9.97 Å². The number of rotatable bonds is 6. The summed E-state index contributed by atoms with van der Waals surface area (Å²) in [4.78, 5) is 8.91. The van der Waals surface area contributed by atoms with Crippen LogP contribution in [0.4, 0.5) is 11.6 Å². The van der Waals surface area contributed by atoms with E-state index in [4.69, 9.17) is 0 Å². The molecule has 1 heterocycles. The molecule has 20 heavy (non-hydrogen) atoms. The van der Waals surface area contributed by atoms with Crippen LogP contribution in [0, 0.1) is 13.8 Å². The zero-order valence-corrected chi connectivity index (χ0v) is 13.8. The van der Waals surface area contributed by atoms with Gasteiger partial charge in [0.25, 0.3) is 0 Å². The fraction of sp³-hybridized carbons (Fsp3) is 0.733. The quantitative estimate of drug-likeness (QED) is 0.747. The van der Waals surface area contributed by atoms with Crippen molar-refractivity contribution in [2.24, 2.45) is 0 Å². The molecular weight excluding hydrogens is 252 g/mol. The number of aryl methyl sites for hydroxylation is 1. The predicted molar refractivity (Wildman–Crippen MR) is 84.3 cm³/mol. The summed E-state index contributed by atoms with van der Waals surface area (Å²) >= 11 is 0. The summed E-state index contributed by atoms with van der Waals surface area (Å²) in [6.45, 7) is 14.4. The molecule has 0 saturated heterocycles. The highest BCUT2D eigenvalue weighted by Crippen LogP contribution is 2.28. The fourth-order valence-electron chi connectivity index (χ4n) is 1.61. The lowest BCUT2D eigenvalue weighted by molar-refractivity contribution is 0.0238. The molecule has 0 unspecified atom stereocenters. The van der Waals surface area contributed by atoms with Crippen LogP contribution in [-0.2, 0) is 0 Å². The van der Waals surface area contributed by atoms with Gasteiger partial charge >= 0.3 is 0 Å². The second-order valence-electron chi connectivity index (χ2n) is 6.33. The van der Waals surface area contributed by atoms with E-state index in [9.17, 15) is 5.11 Å². The van der Waals surface area contributed by atoms with Gasteiger partial charge in [0.2, 0.25) is 0 Å². The Bertz CT molecular complexity index is 464. The Hall–Kier alpha value is -1.36. The summed E-state index contributed by atoms with van der Waals surface area (Å²) in [5.41, 5.74) is -0.392. The maximum Gasteiger partial charge on any atom is 0.135 e. The Morgan fingerprint density at radius 2 is 1.60 bits per heavy atom. The van der Waals surface area contributed by atoms with Gasteiger partial charge in [0.1, 0.15) is 17.5 Å². The van der Waals surface area contributed by atoms with Crippen LogP contribution in [0.2, 0.25) is 0 Å². The van der Waals surface area contributed by atoms with E-state index in [0.29, 0.717) is 5.82 Å². The SMILES string of the molecule is CCCNc1nc(C)nc(NC(C)(C)C(C)(C)O)c1C. The number of nitrogens with zero attached hydrogens (tertiary/aromatic N) is 2. The lowest BCUT2D eigenvalue weighted by Crippen LogP contribution is -2.51. The van der Waals surface area contributed by atoms with E-state index in [-0.39, 0.29) is 0 Å². The Labute approximate surface area is 122 Å². The Balaban J connectivity index is 3.10. The predicted octanol–water partition coefficient (Wildman–Crippen LogP) is 2.88. The van der Waals surface area contributed by atoms with Gasteiger partial charge in [-0.05, 0) is 48.0 Å². The first-order valence-corrected chi connectivity index (χ1v) is 7.18. The number of hydrogen-bond donors (Lipinski definition) is 3. The minimum absolute atomic E-state index is 0.499. The highest BCUT2D eigenvalue weighted by atomic mass is 16.3. The summed E-state index contributed by atoms with van der Waals surface area (Å²) in [5, 5.41) is 16.9. The Morgan fingerprint density at radius 1 is 1.05 bits per heavy atom. The standard InChI is InChI=1S/C15H28N4O/c1-8-9-16-12-10(2)13(18-11(3)17-12)19-14(4,5)15(6,7)20/h20H,8-9H2,1-7H3,(H2,16,17,18,19). The molecule has 0 aliphatic rings. The summed E-state index contributed by atoms with van der Waals surface area (Å²) in [6, 6.07) is 0. The van der Waals surface area contributed by atoms with Gasteiger partial charge in [0.05, 0.1) is 11.1 Å². The summed E-state index contributed by atoms with van der Waals surface area (Å²) in [5.74, 6) is 2.33. The lowest BCUT2D eigenvalue weighted by Gasteiger charge is -2.38. The Morgan fingerprint density at radius 3 is 2.10 bits per heavy atom. The molecule has 0 spiro atoms. The van der Waals surface area contributed by atoms with Gasteiger partial charge in [-0.25, -0.2) is 9.97 Å². The molecule has 1 aromatic rings. The minimum Gasteiger partial charge on any atom is -0.388 e. The smallest absolute Gasteiger partial charge is 0.135 e. The van der Waals surface area contributed by atoms with E-state index >= 15 is 0 Å². The van der Waals surface area contributed by atoms with Crippen LogP contribution >= 0.6 is 0 Å². The van der Waals surface area contributed by atoms with Gasteiger partial charge in [-0.1, -0.05) is 6.92 Å². The van der Waals surface area contributed by atoms with E-state index in [0.717, 1.165) is 30.2 Å². The third-order valence-corrected chi connectivity index (χ3v) is 3.76. The van der Waals surface area contributed by atoms with Crippen LogP contribution in [0.1, 0.15) is 52.4 Å². The van der Waals surface area contributed by atoms with E-state index in [1.807, 2.05) is 27.7 Å². The third-order valence-electron chi connectivity index (χ3n) is 3.76. The minimum atomic E-state index is -0.866. The average molecular weight is 280 g/mol. The summed E-state index contributed by atoms with van der Waals surface area (Å²) in [7, 11) is 0. The molecule has 5 heteroatoms. The molecule has 0 atom stereocenters. The molecule has 0 aromatic carbocycles. The highest BCUT2D eigenvalue weighted by molar-refractivity contribution is 5.58.